The van der Waals surface area contributed by atoms with Crippen molar-refractivity contribution in [2.75, 3.05) is 5.32 Å². The molecule has 0 radical (unpaired) electrons. The van der Waals surface area contributed by atoms with E-state index in [-0.39, 0.29) is 0 Å². The largest absolute Gasteiger partial charge is 0.352 e. The Morgan fingerprint density at radius 1 is 1.15 bits per heavy atom. The Kier molecular flexibility index (Phi) is 2.79. The van der Waals surface area contributed by atoms with Gasteiger partial charge in [0.15, 0.2) is 0 Å². The number of rotatable bonds is 3. The topological polar surface area (TPSA) is 29.9 Å². The van der Waals surface area contributed by atoms with Gasteiger partial charge in [-0.15, -0.1) is 0 Å². The molecule has 3 heteroatoms. The summed E-state index contributed by atoms with van der Waals surface area (Å²) in [5.74, 6) is 2.83. The van der Waals surface area contributed by atoms with Crippen molar-refractivity contribution in [3.8, 4) is 5.69 Å². The second kappa shape index (κ2) is 4.65. The van der Waals surface area contributed by atoms with Crippen LogP contribution in [0, 0.1) is 18.8 Å². The maximum absolute atomic E-state index is 4.69. The van der Waals surface area contributed by atoms with Crippen LogP contribution in [0.5, 0.6) is 0 Å². The molecular weight excluding hydrogens is 246 g/mol. The van der Waals surface area contributed by atoms with Gasteiger partial charge in [0.25, 0.3) is 0 Å². The summed E-state index contributed by atoms with van der Waals surface area (Å²) >= 11 is 0. The Morgan fingerprint density at radius 3 is 2.70 bits per heavy atom. The normalized spacial score (nSPS) is 27.9. The molecule has 1 aromatic carbocycles. The number of anilines is 1. The number of nitrogens with zero attached hydrogens (tertiary/aromatic N) is 2. The smallest absolute Gasteiger partial charge is 0.207 e. The molecule has 0 amide bonds. The molecule has 2 saturated carbocycles. The first kappa shape index (κ1) is 12.0. The van der Waals surface area contributed by atoms with Gasteiger partial charge in [0.05, 0.1) is 5.69 Å². The second-order valence-electron chi connectivity index (χ2n) is 6.34. The molecule has 2 fully saturated rings. The molecule has 2 bridgehead atoms. The number of hydrogen-bond acceptors (Lipinski definition) is 2. The number of nitrogens with one attached hydrogen (secondary N) is 1. The zero-order chi connectivity index (χ0) is 13.5. The van der Waals surface area contributed by atoms with Gasteiger partial charge in [-0.3, -0.25) is 4.57 Å². The van der Waals surface area contributed by atoms with Gasteiger partial charge in [-0.1, -0.05) is 24.6 Å². The summed E-state index contributed by atoms with van der Waals surface area (Å²) in [5.41, 5.74) is 2.25. The van der Waals surface area contributed by atoms with Crippen molar-refractivity contribution in [2.24, 2.45) is 11.8 Å². The summed E-state index contributed by atoms with van der Waals surface area (Å²) in [6.45, 7) is 2.06. The Morgan fingerprint density at radius 2 is 2.00 bits per heavy atom. The van der Waals surface area contributed by atoms with E-state index < -0.39 is 0 Å². The maximum Gasteiger partial charge on any atom is 0.207 e. The Balaban J connectivity index is 1.62. The first-order valence-electron chi connectivity index (χ1n) is 7.67. The fourth-order valence-electron chi connectivity index (χ4n) is 3.97. The van der Waals surface area contributed by atoms with Crippen molar-refractivity contribution in [2.45, 2.75) is 38.6 Å². The first-order chi connectivity index (χ1) is 9.79. The third kappa shape index (κ3) is 2.01. The summed E-state index contributed by atoms with van der Waals surface area (Å²) in [5, 5.41) is 3.71. The van der Waals surface area contributed by atoms with Gasteiger partial charge >= 0.3 is 0 Å². The lowest BCUT2D eigenvalue weighted by atomic mass is 9.95. The predicted octanol–water partition coefficient (Wildman–Crippen LogP) is 3.78. The van der Waals surface area contributed by atoms with Crippen LogP contribution in [0.3, 0.4) is 0 Å². The SMILES string of the molecule is Cc1cn(-c2ccccc2)c(NC2CC3CCC2C3)n1. The Bertz CT molecular complexity index is 602. The number of hydrogen-bond donors (Lipinski definition) is 1. The maximum atomic E-state index is 4.69. The first-order valence-corrected chi connectivity index (χ1v) is 7.67. The number of aryl methyl sites for hydroxylation is 1. The van der Waals surface area contributed by atoms with E-state index in [0.717, 1.165) is 23.5 Å². The highest BCUT2D eigenvalue weighted by Crippen LogP contribution is 2.45. The Hall–Kier alpha value is -1.77. The van der Waals surface area contributed by atoms with Crippen molar-refractivity contribution in [3.05, 3.63) is 42.2 Å². The van der Waals surface area contributed by atoms with E-state index in [1.54, 1.807) is 0 Å². The van der Waals surface area contributed by atoms with Crippen LogP contribution in [-0.4, -0.2) is 15.6 Å². The summed E-state index contributed by atoms with van der Waals surface area (Å²) in [4.78, 5) is 4.69. The van der Waals surface area contributed by atoms with E-state index in [4.69, 9.17) is 0 Å². The summed E-state index contributed by atoms with van der Waals surface area (Å²) in [6, 6.07) is 11.1. The van der Waals surface area contributed by atoms with Crippen LogP contribution in [-0.2, 0) is 0 Å². The number of imidazole rings is 1. The molecule has 1 N–H and O–H groups in total. The number of fused-ring (bicyclic) bond motifs is 2. The average molecular weight is 267 g/mol. The average Bonchev–Trinajstić information content (AvgIpc) is 3.15. The fraction of sp³-hybridized carbons (Fsp3) is 0.471. The van der Waals surface area contributed by atoms with E-state index in [2.05, 4.69) is 58.3 Å². The third-order valence-electron chi connectivity index (χ3n) is 4.91. The van der Waals surface area contributed by atoms with Crippen molar-refractivity contribution >= 4 is 5.95 Å². The minimum Gasteiger partial charge on any atom is -0.352 e. The van der Waals surface area contributed by atoms with Crippen LogP contribution >= 0.6 is 0 Å². The molecule has 1 heterocycles. The second-order valence-corrected chi connectivity index (χ2v) is 6.34. The van der Waals surface area contributed by atoms with Gasteiger partial charge < -0.3 is 5.32 Å². The van der Waals surface area contributed by atoms with Crippen LogP contribution in [0.4, 0.5) is 5.95 Å². The van der Waals surface area contributed by atoms with Crippen LogP contribution in [0.25, 0.3) is 5.69 Å². The molecule has 4 rings (SSSR count). The molecule has 20 heavy (non-hydrogen) atoms. The van der Waals surface area contributed by atoms with E-state index in [1.165, 1.54) is 31.4 Å². The van der Waals surface area contributed by atoms with Crippen LogP contribution in [0.15, 0.2) is 36.5 Å². The van der Waals surface area contributed by atoms with Crippen LogP contribution < -0.4 is 5.32 Å². The molecule has 0 spiro atoms. The Labute approximate surface area is 120 Å². The highest BCUT2D eigenvalue weighted by Gasteiger charge is 2.39. The van der Waals surface area contributed by atoms with E-state index >= 15 is 0 Å². The zero-order valence-electron chi connectivity index (χ0n) is 11.9. The van der Waals surface area contributed by atoms with Gasteiger partial charge in [0.2, 0.25) is 5.95 Å². The number of aromatic nitrogens is 2. The van der Waals surface area contributed by atoms with E-state index in [9.17, 15) is 0 Å². The van der Waals surface area contributed by atoms with Crippen molar-refractivity contribution in [1.29, 1.82) is 0 Å². The minimum absolute atomic E-state index is 0.623. The van der Waals surface area contributed by atoms with Gasteiger partial charge in [-0.25, -0.2) is 4.98 Å². The van der Waals surface area contributed by atoms with Crippen LogP contribution in [0.2, 0.25) is 0 Å². The molecule has 2 aliphatic rings. The highest BCUT2D eigenvalue weighted by atomic mass is 15.2. The molecular formula is C17H21N3. The molecule has 1 aromatic heterocycles. The molecule has 3 atom stereocenters. The van der Waals surface area contributed by atoms with Gasteiger partial charge in [-0.05, 0) is 50.2 Å². The molecule has 0 saturated heterocycles. The fourth-order valence-corrected chi connectivity index (χ4v) is 3.97. The molecule has 2 aliphatic carbocycles. The van der Waals surface area contributed by atoms with E-state index in [0.29, 0.717) is 6.04 Å². The van der Waals surface area contributed by atoms with Gasteiger partial charge in [0, 0.05) is 17.9 Å². The standard InChI is InChI=1S/C17H21N3/c1-12-11-20(15-5-3-2-4-6-15)17(18-12)19-16-10-13-7-8-14(16)9-13/h2-6,11,13-14,16H,7-10H2,1H3,(H,18,19). The molecule has 2 aromatic rings. The van der Waals surface area contributed by atoms with Gasteiger partial charge in [-0.2, -0.15) is 0 Å². The lowest BCUT2D eigenvalue weighted by Crippen LogP contribution is -2.27. The minimum atomic E-state index is 0.623. The summed E-state index contributed by atoms with van der Waals surface area (Å²) in [6.07, 6.45) is 7.70. The van der Waals surface area contributed by atoms with E-state index in [1.807, 2.05) is 0 Å². The number of benzene rings is 1. The van der Waals surface area contributed by atoms with Crippen molar-refractivity contribution < 1.29 is 0 Å². The molecule has 3 unspecified atom stereocenters. The summed E-state index contributed by atoms with van der Waals surface area (Å²) in [7, 11) is 0. The predicted molar refractivity (Wildman–Crippen MR) is 81.2 cm³/mol. The molecule has 0 aliphatic heterocycles. The van der Waals surface area contributed by atoms with Crippen molar-refractivity contribution in [3.63, 3.8) is 0 Å². The summed E-state index contributed by atoms with van der Waals surface area (Å²) < 4.78 is 2.18. The van der Waals surface area contributed by atoms with Gasteiger partial charge in [0.1, 0.15) is 0 Å². The quantitative estimate of drug-likeness (QED) is 0.917. The molecule has 104 valence electrons. The monoisotopic (exact) mass is 267 g/mol. The highest BCUT2D eigenvalue weighted by molar-refractivity contribution is 5.43. The lowest BCUT2D eigenvalue weighted by molar-refractivity contribution is 0.437. The van der Waals surface area contributed by atoms with Crippen molar-refractivity contribution in [1.82, 2.24) is 9.55 Å². The zero-order valence-corrected chi connectivity index (χ0v) is 11.9. The number of para-hydroxylation sites is 1. The third-order valence-corrected chi connectivity index (χ3v) is 4.91. The lowest BCUT2D eigenvalue weighted by Gasteiger charge is -2.23. The van der Waals surface area contributed by atoms with Crippen LogP contribution in [0.1, 0.15) is 31.4 Å². The molecule has 3 nitrogen and oxygen atoms in total.